The van der Waals surface area contributed by atoms with E-state index in [1.54, 1.807) is 0 Å². The number of hydrogen-bond donors (Lipinski definition) is 0. The molecule has 0 aliphatic carbocycles. The van der Waals surface area contributed by atoms with E-state index in [0.717, 1.165) is 22.5 Å². The molecule has 0 aliphatic heterocycles. The molecule has 2 aromatic carbocycles. The maximum Gasteiger partial charge on any atom is 0.0892 e. The zero-order valence-corrected chi connectivity index (χ0v) is 13.5. The highest BCUT2D eigenvalue weighted by Crippen LogP contribution is 2.24. The Labute approximate surface area is 131 Å². The quantitative estimate of drug-likeness (QED) is 0.660. The van der Waals surface area contributed by atoms with Crippen LogP contribution in [0, 0.1) is 27.7 Å². The van der Waals surface area contributed by atoms with Crippen LogP contribution < -0.4 is 0 Å². The highest BCUT2D eigenvalue weighted by molar-refractivity contribution is 5.66. The average molecular weight is 288 g/mol. The van der Waals surface area contributed by atoms with Gasteiger partial charge in [0.25, 0.3) is 0 Å². The Balaban J connectivity index is 2.09. The van der Waals surface area contributed by atoms with Crippen LogP contribution in [0.4, 0.5) is 0 Å². The van der Waals surface area contributed by atoms with Crippen molar-refractivity contribution in [2.24, 2.45) is 0 Å². The maximum atomic E-state index is 4.82. The van der Waals surface area contributed by atoms with Crippen molar-refractivity contribution in [1.29, 1.82) is 0 Å². The molecule has 3 rings (SSSR count). The molecule has 1 heterocycles. The number of aryl methyl sites for hydroxylation is 4. The molecule has 0 unspecified atom stereocenters. The highest BCUT2D eigenvalue weighted by Gasteiger charge is 2.06. The van der Waals surface area contributed by atoms with Crippen molar-refractivity contribution in [1.82, 2.24) is 9.97 Å². The summed E-state index contributed by atoms with van der Waals surface area (Å²) in [6.07, 6.45) is 3.67. The van der Waals surface area contributed by atoms with Gasteiger partial charge in [0.15, 0.2) is 0 Å². The van der Waals surface area contributed by atoms with Crippen LogP contribution in [0.3, 0.4) is 0 Å². The van der Waals surface area contributed by atoms with Gasteiger partial charge in [-0.05, 0) is 52.0 Å². The molecule has 2 nitrogen and oxygen atoms in total. The van der Waals surface area contributed by atoms with Gasteiger partial charge in [0.1, 0.15) is 0 Å². The average Bonchev–Trinajstić information content (AvgIpc) is 2.45. The SMILES string of the molecule is Cc1cc(C)cc(-c2cncc(-c3cc(C)cc(C)c3)n2)c1. The first-order chi connectivity index (χ1) is 10.5. The van der Waals surface area contributed by atoms with Crippen molar-refractivity contribution < 1.29 is 0 Å². The van der Waals surface area contributed by atoms with Crippen LogP contribution in [-0.2, 0) is 0 Å². The molecule has 0 atom stereocenters. The molecule has 1 aromatic heterocycles. The molecule has 0 fully saturated rings. The maximum absolute atomic E-state index is 4.82. The minimum atomic E-state index is 0.920. The van der Waals surface area contributed by atoms with Crippen LogP contribution in [0.25, 0.3) is 22.5 Å². The second kappa shape index (κ2) is 5.72. The lowest BCUT2D eigenvalue weighted by molar-refractivity contribution is 1.20. The Hall–Kier alpha value is -2.48. The van der Waals surface area contributed by atoms with Gasteiger partial charge in [-0.2, -0.15) is 0 Å². The number of benzene rings is 2. The fourth-order valence-corrected chi connectivity index (χ4v) is 2.89. The topological polar surface area (TPSA) is 25.8 Å². The lowest BCUT2D eigenvalue weighted by Gasteiger charge is -2.08. The van der Waals surface area contributed by atoms with Gasteiger partial charge in [-0.15, -0.1) is 0 Å². The van der Waals surface area contributed by atoms with Crippen LogP contribution in [0.15, 0.2) is 48.8 Å². The monoisotopic (exact) mass is 288 g/mol. The Kier molecular flexibility index (Phi) is 3.76. The molecule has 0 amide bonds. The molecule has 0 aliphatic rings. The molecule has 0 spiro atoms. The molecule has 0 saturated heterocycles. The van der Waals surface area contributed by atoms with E-state index in [-0.39, 0.29) is 0 Å². The van der Waals surface area contributed by atoms with Crippen molar-refractivity contribution in [3.8, 4) is 22.5 Å². The Bertz CT molecular complexity index is 728. The summed E-state index contributed by atoms with van der Waals surface area (Å²) >= 11 is 0. The lowest BCUT2D eigenvalue weighted by atomic mass is 10.0. The van der Waals surface area contributed by atoms with E-state index in [4.69, 9.17) is 4.98 Å². The number of aromatic nitrogens is 2. The minimum absolute atomic E-state index is 0.920. The van der Waals surface area contributed by atoms with Gasteiger partial charge in [-0.25, -0.2) is 4.98 Å². The van der Waals surface area contributed by atoms with E-state index in [0.29, 0.717) is 0 Å². The van der Waals surface area contributed by atoms with E-state index in [1.165, 1.54) is 22.3 Å². The first kappa shape index (κ1) is 14.5. The van der Waals surface area contributed by atoms with Crippen molar-refractivity contribution in [2.75, 3.05) is 0 Å². The van der Waals surface area contributed by atoms with Gasteiger partial charge in [0, 0.05) is 11.1 Å². The molecule has 2 heteroatoms. The van der Waals surface area contributed by atoms with Crippen molar-refractivity contribution in [2.45, 2.75) is 27.7 Å². The summed E-state index contributed by atoms with van der Waals surface area (Å²) in [6, 6.07) is 13.0. The lowest BCUT2D eigenvalue weighted by Crippen LogP contribution is -1.92. The molecule has 22 heavy (non-hydrogen) atoms. The van der Waals surface area contributed by atoms with Crippen LogP contribution in [-0.4, -0.2) is 9.97 Å². The minimum Gasteiger partial charge on any atom is -0.260 e. The molecule has 3 aromatic rings. The van der Waals surface area contributed by atoms with Gasteiger partial charge in [0.05, 0.1) is 23.8 Å². The standard InChI is InChI=1S/C20H20N2/c1-13-5-14(2)8-17(7-13)19-11-21-12-20(22-19)18-9-15(3)6-16(4)10-18/h5-12H,1-4H3. The van der Waals surface area contributed by atoms with Crippen molar-refractivity contribution in [3.63, 3.8) is 0 Å². The van der Waals surface area contributed by atoms with Gasteiger partial charge >= 0.3 is 0 Å². The molecule has 0 radical (unpaired) electrons. The second-order valence-electron chi connectivity index (χ2n) is 6.04. The zero-order valence-electron chi connectivity index (χ0n) is 13.5. The fraction of sp³-hybridized carbons (Fsp3) is 0.200. The zero-order chi connectivity index (χ0) is 15.7. The summed E-state index contributed by atoms with van der Waals surface area (Å²) in [5.41, 5.74) is 9.06. The Morgan fingerprint density at radius 3 is 1.27 bits per heavy atom. The van der Waals surface area contributed by atoms with Crippen LogP contribution >= 0.6 is 0 Å². The predicted octanol–water partition coefficient (Wildman–Crippen LogP) is 5.04. The summed E-state index contributed by atoms with van der Waals surface area (Å²) in [4.78, 5) is 9.21. The van der Waals surface area contributed by atoms with Gasteiger partial charge in [-0.1, -0.05) is 34.4 Å². The molecule has 110 valence electrons. The van der Waals surface area contributed by atoms with E-state index in [9.17, 15) is 0 Å². The molecular formula is C20H20N2. The van der Waals surface area contributed by atoms with E-state index in [1.807, 2.05) is 12.4 Å². The largest absolute Gasteiger partial charge is 0.260 e. The van der Waals surface area contributed by atoms with Crippen LogP contribution in [0.2, 0.25) is 0 Å². The first-order valence-corrected chi connectivity index (χ1v) is 7.51. The fourth-order valence-electron chi connectivity index (χ4n) is 2.89. The van der Waals surface area contributed by atoms with E-state index >= 15 is 0 Å². The van der Waals surface area contributed by atoms with Gasteiger partial charge < -0.3 is 0 Å². The van der Waals surface area contributed by atoms with Crippen molar-refractivity contribution in [3.05, 3.63) is 71.0 Å². The van der Waals surface area contributed by atoms with Crippen LogP contribution in [0.1, 0.15) is 22.3 Å². The molecule has 0 saturated carbocycles. The van der Waals surface area contributed by atoms with Gasteiger partial charge in [-0.3, -0.25) is 4.98 Å². The summed E-state index contributed by atoms with van der Waals surface area (Å²) in [6.45, 7) is 8.44. The van der Waals surface area contributed by atoms with E-state index < -0.39 is 0 Å². The third-order valence-electron chi connectivity index (χ3n) is 3.67. The number of nitrogens with zero attached hydrogens (tertiary/aromatic N) is 2. The summed E-state index contributed by atoms with van der Waals surface area (Å²) in [5, 5.41) is 0. The smallest absolute Gasteiger partial charge is 0.0892 e. The number of rotatable bonds is 2. The normalized spacial score (nSPS) is 10.7. The first-order valence-electron chi connectivity index (χ1n) is 7.51. The second-order valence-corrected chi connectivity index (χ2v) is 6.04. The summed E-state index contributed by atoms with van der Waals surface area (Å²) < 4.78 is 0. The third kappa shape index (κ3) is 3.06. The highest BCUT2D eigenvalue weighted by atomic mass is 14.8. The van der Waals surface area contributed by atoms with Crippen molar-refractivity contribution >= 4 is 0 Å². The number of hydrogen-bond acceptors (Lipinski definition) is 2. The Morgan fingerprint density at radius 2 is 0.909 bits per heavy atom. The summed E-state index contributed by atoms with van der Waals surface area (Å²) in [5.74, 6) is 0. The summed E-state index contributed by atoms with van der Waals surface area (Å²) in [7, 11) is 0. The molecule has 0 bridgehead atoms. The molecular weight excluding hydrogens is 268 g/mol. The van der Waals surface area contributed by atoms with E-state index in [2.05, 4.69) is 69.1 Å². The molecule has 0 N–H and O–H groups in total. The van der Waals surface area contributed by atoms with Crippen LogP contribution in [0.5, 0.6) is 0 Å². The third-order valence-corrected chi connectivity index (χ3v) is 3.67. The van der Waals surface area contributed by atoms with Gasteiger partial charge in [0.2, 0.25) is 0 Å². The predicted molar refractivity (Wildman–Crippen MR) is 91.9 cm³/mol. The Morgan fingerprint density at radius 1 is 0.545 bits per heavy atom.